The molecule has 4 nitrogen and oxygen atoms in total. The van der Waals surface area contributed by atoms with Gasteiger partial charge >= 0.3 is 6.61 Å². The number of halogens is 3. The maximum absolute atomic E-state index is 12.7. The lowest BCUT2D eigenvalue weighted by Crippen LogP contribution is -2.48. The number of alkyl halides is 2. The van der Waals surface area contributed by atoms with Gasteiger partial charge in [0, 0.05) is 37.7 Å². The Balaban J connectivity index is 1.60. The Morgan fingerprint density at radius 3 is 2.50 bits per heavy atom. The number of carbonyl (C=O) groups is 1. The zero-order chi connectivity index (χ0) is 18.5. The first kappa shape index (κ1) is 18.6. The Morgan fingerprint density at radius 1 is 1.08 bits per heavy atom. The molecule has 0 bridgehead atoms. The normalized spacial score (nSPS) is 15.3. The third-order valence-electron chi connectivity index (χ3n) is 4.29. The van der Waals surface area contributed by atoms with Crippen molar-refractivity contribution in [1.82, 2.24) is 9.80 Å². The molecule has 0 saturated carbocycles. The number of nitrogens with zero attached hydrogens (tertiary/aromatic N) is 2. The summed E-state index contributed by atoms with van der Waals surface area (Å²) in [5.41, 5.74) is 1.28. The van der Waals surface area contributed by atoms with Crippen molar-refractivity contribution in [1.29, 1.82) is 0 Å². The molecule has 0 atom stereocenters. The topological polar surface area (TPSA) is 32.8 Å². The molecule has 0 unspecified atom stereocenters. The van der Waals surface area contributed by atoms with Crippen LogP contribution in [0.1, 0.15) is 15.9 Å². The molecule has 3 rings (SSSR count). The van der Waals surface area contributed by atoms with Gasteiger partial charge in [-0.2, -0.15) is 8.78 Å². The summed E-state index contributed by atoms with van der Waals surface area (Å²) in [7, 11) is 0. The highest BCUT2D eigenvalue weighted by Crippen LogP contribution is 2.23. The summed E-state index contributed by atoms with van der Waals surface area (Å²) in [6.45, 7) is 0.267. The predicted molar refractivity (Wildman–Crippen MR) is 95.7 cm³/mol. The number of ether oxygens (including phenoxy) is 1. The van der Waals surface area contributed by atoms with Gasteiger partial charge in [-0.1, -0.05) is 35.9 Å². The molecule has 2 aromatic rings. The van der Waals surface area contributed by atoms with Crippen LogP contribution < -0.4 is 4.74 Å². The first-order valence-electron chi connectivity index (χ1n) is 8.33. The summed E-state index contributed by atoms with van der Waals surface area (Å²) in [6.07, 6.45) is 0. The summed E-state index contributed by atoms with van der Waals surface area (Å²) in [6, 6.07) is 13.8. The third-order valence-corrected chi connectivity index (χ3v) is 4.52. The second kappa shape index (κ2) is 8.47. The summed E-state index contributed by atoms with van der Waals surface area (Å²) >= 11 is 6.01. The van der Waals surface area contributed by atoms with Gasteiger partial charge in [0.25, 0.3) is 5.91 Å². The minimum absolute atomic E-state index is 0.0890. The molecule has 0 radical (unpaired) electrons. The Kier molecular flexibility index (Phi) is 6.06. The molecule has 1 heterocycles. The molecule has 1 amide bonds. The van der Waals surface area contributed by atoms with E-state index in [0.29, 0.717) is 31.2 Å². The standard InChI is InChI=1S/C19H19ClF2N2O2/c20-15-5-3-4-14(12-15)13-23-8-10-24(11-9-23)18(25)16-6-1-2-7-17(16)26-19(21)22/h1-7,12,19H,8-11,13H2. The second-order valence-corrected chi connectivity index (χ2v) is 6.51. The lowest BCUT2D eigenvalue weighted by atomic mass is 10.1. The van der Waals surface area contributed by atoms with Crippen molar-refractivity contribution in [3.05, 3.63) is 64.7 Å². The van der Waals surface area contributed by atoms with E-state index < -0.39 is 6.61 Å². The van der Waals surface area contributed by atoms with Crippen LogP contribution >= 0.6 is 11.6 Å². The zero-order valence-electron chi connectivity index (χ0n) is 14.1. The van der Waals surface area contributed by atoms with Crippen molar-refractivity contribution in [2.75, 3.05) is 26.2 Å². The van der Waals surface area contributed by atoms with Crippen LogP contribution in [0.15, 0.2) is 48.5 Å². The molecule has 138 valence electrons. The number of piperazine rings is 1. The average Bonchev–Trinajstić information content (AvgIpc) is 2.62. The number of benzene rings is 2. The zero-order valence-corrected chi connectivity index (χ0v) is 14.8. The fourth-order valence-electron chi connectivity index (χ4n) is 3.02. The largest absolute Gasteiger partial charge is 0.434 e. The molecule has 1 aliphatic rings. The molecular formula is C19H19ClF2N2O2. The van der Waals surface area contributed by atoms with E-state index in [0.717, 1.165) is 12.1 Å². The second-order valence-electron chi connectivity index (χ2n) is 6.07. The predicted octanol–water partition coefficient (Wildman–Crippen LogP) is 3.90. The van der Waals surface area contributed by atoms with Crippen molar-refractivity contribution >= 4 is 17.5 Å². The minimum Gasteiger partial charge on any atom is -0.434 e. The third kappa shape index (κ3) is 4.71. The van der Waals surface area contributed by atoms with Crippen LogP contribution in [0.5, 0.6) is 5.75 Å². The van der Waals surface area contributed by atoms with E-state index in [2.05, 4.69) is 9.64 Å². The molecule has 0 N–H and O–H groups in total. The van der Waals surface area contributed by atoms with Crippen LogP contribution in [0.2, 0.25) is 5.02 Å². The van der Waals surface area contributed by atoms with Crippen molar-refractivity contribution < 1.29 is 18.3 Å². The van der Waals surface area contributed by atoms with Gasteiger partial charge < -0.3 is 9.64 Å². The number of amides is 1. The SMILES string of the molecule is O=C(c1ccccc1OC(F)F)N1CCN(Cc2cccc(Cl)c2)CC1. The number of hydrogen-bond donors (Lipinski definition) is 0. The van der Waals surface area contributed by atoms with Crippen molar-refractivity contribution in [3.8, 4) is 5.75 Å². The molecule has 7 heteroatoms. The van der Waals surface area contributed by atoms with Gasteiger partial charge in [-0.15, -0.1) is 0 Å². The quantitative estimate of drug-likeness (QED) is 0.788. The van der Waals surface area contributed by atoms with Crippen LogP contribution in [-0.4, -0.2) is 48.5 Å². The molecular weight excluding hydrogens is 362 g/mol. The average molecular weight is 381 g/mol. The van der Waals surface area contributed by atoms with Gasteiger partial charge in [0.2, 0.25) is 0 Å². The monoisotopic (exact) mass is 380 g/mol. The van der Waals surface area contributed by atoms with Gasteiger partial charge in [0.05, 0.1) is 5.56 Å². The fraction of sp³-hybridized carbons (Fsp3) is 0.316. The smallest absolute Gasteiger partial charge is 0.387 e. The van der Waals surface area contributed by atoms with Crippen LogP contribution in [0.3, 0.4) is 0 Å². The van der Waals surface area contributed by atoms with E-state index in [1.807, 2.05) is 24.3 Å². The molecule has 1 saturated heterocycles. The molecule has 1 aliphatic heterocycles. The maximum Gasteiger partial charge on any atom is 0.387 e. The van der Waals surface area contributed by atoms with Crippen molar-refractivity contribution in [2.24, 2.45) is 0 Å². The summed E-state index contributed by atoms with van der Waals surface area (Å²) in [5, 5.41) is 0.701. The fourth-order valence-corrected chi connectivity index (χ4v) is 3.23. The highest BCUT2D eigenvalue weighted by atomic mass is 35.5. The van der Waals surface area contributed by atoms with Crippen molar-refractivity contribution in [2.45, 2.75) is 13.2 Å². The lowest BCUT2D eigenvalue weighted by molar-refractivity contribution is -0.0503. The van der Waals surface area contributed by atoms with Gasteiger partial charge in [-0.3, -0.25) is 9.69 Å². The van der Waals surface area contributed by atoms with Crippen LogP contribution in [0.25, 0.3) is 0 Å². The molecule has 1 fully saturated rings. The Hall–Kier alpha value is -2.18. The Bertz CT molecular complexity index is 765. The van der Waals surface area contributed by atoms with Crippen molar-refractivity contribution in [3.63, 3.8) is 0 Å². The number of hydrogen-bond acceptors (Lipinski definition) is 3. The number of para-hydroxylation sites is 1. The molecule has 2 aromatic carbocycles. The molecule has 26 heavy (non-hydrogen) atoms. The van der Waals surface area contributed by atoms with E-state index in [9.17, 15) is 13.6 Å². The first-order chi connectivity index (χ1) is 12.5. The highest BCUT2D eigenvalue weighted by Gasteiger charge is 2.25. The summed E-state index contributed by atoms with van der Waals surface area (Å²) in [4.78, 5) is 16.6. The highest BCUT2D eigenvalue weighted by molar-refractivity contribution is 6.30. The Morgan fingerprint density at radius 2 is 1.81 bits per heavy atom. The van der Waals surface area contributed by atoms with Gasteiger partial charge in [0.15, 0.2) is 0 Å². The van der Waals surface area contributed by atoms with E-state index >= 15 is 0 Å². The lowest BCUT2D eigenvalue weighted by Gasteiger charge is -2.35. The minimum atomic E-state index is -2.96. The molecule has 0 aromatic heterocycles. The van der Waals surface area contributed by atoms with E-state index in [1.54, 1.807) is 17.0 Å². The van der Waals surface area contributed by atoms with Gasteiger partial charge in [-0.25, -0.2) is 0 Å². The number of rotatable bonds is 5. The molecule has 0 spiro atoms. The van der Waals surface area contributed by atoms with E-state index in [-0.39, 0.29) is 17.2 Å². The summed E-state index contributed by atoms with van der Waals surface area (Å²) in [5.74, 6) is -0.377. The van der Waals surface area contributed by atoms with Crippen LogP contribution in [0, 0.1) is 0 Å². The van der Waals surface area contributed by atoms with Crippen LogP contribution in [-0.2, 0) is 6.54 Å². The van der Waals surface area contributed by atoms with E-state index in [1.165, 1.54) is 12.1 Å². The first-order valence-corrected chi connectivity index (χ1v) is 8.70. The van der Waals surface area contributed by atoms with E-state index in [4.69, 9.17) is 11.6 Å². The van der Waals surface area contributed by atoms with Gasteiger partial charge in [-0.05, 0) is 29.8 Å². The number of carbonyl (C=O) groups excluding carboxylic acids is 1. The summed E-state index contributed by atoms with van der Waals surface area (Å²) < 4.78 is 29.5. The van der Waals surface area contributed by atoms with Gasteiger partial charge in [0.1, 0.15) is 5.75 Å². The van der Waals surface area contributed by atoms with Crippen LogP contribution in [0.4, 0.5) is 8.78 Å². The maximum atomic E-state index is 12.7. The Labute approximate surface area is 155 Å². The molecule has 0 aliphatic carbocycles.